The highest BCUT2D eigenvalue weighted by Crippen LogP contribution is 2.47. The van der Waals surface area contributed by atoms with Crippen LogP contribution in [0.5, 0.6) is 0 Å². The van der Waals surface area contributed by atoms with Gasteiger partial charge in [0.25, 0.3) is 0 Å². The molecular formula is C20H20Cl2N6. The molecular weight excluding hydrogens is 395 g/mol. The largest absolute Gasteiger partial charge is 0.355 e. The first kappa shape index (κ1) is 17.9. The quantitative estimate of drug-likeness (QED) is 0.686. The van der Waals surface area contributed by atoms with Gasteiger partial charge in [-0.1, -0.05) is 35.3 Å². The van der Waals surface area contributed by atoms with E-state index in [1.54, 1.807) is 12.3 Å². The summed E-state index contributed by atoms with van der Waals surface area (Å²) < 4.78 is 2.06. The number of hydrogen-bond donors (Lipinski definition) is 1. The SMILES string of the molecule is NC1c2ccnn2CC12CCN(c1cnc(-c3cccc(Cl)c3Cl)cn1)CC2. The molecule has 2 N–H and O–H groups in total. The average Bonchev–Trinajstić information content (AvgIpc) is 3.27. The minimum absolute atomic E-state index is 0.0515. The molecule has 1 unspecified atom stereocenters. The van der Waals surface area contributed by atoms with Gasteiger partial charge in [-0.25, -0.2) is 4.98 Å². The zero-order valence-electron chi connectivity index (χ0n) is 15.2. The van der Waals surface area contributed by atoms with Gasteiger partial charge in [-0.2, -0.15) is 5.10 Å². The van der Waals surface area contributed by atoms with Crippen molar-refractivity contribution < 1.29 is 0 Å². The minimum Gasteiger partial charge on any atom is -0.355 e. The molecule has 5 rings (SSSR count). The van der Waals surface area contributed by atoms with Crippen molar-refractivity contribution in [3.63, 3.8) is 0 Å². The van der Waals surface area contributed by atoms with Crippen LogP contribution in [0.3, 0.4) is 0 Å². The van der Waals surface area contributed by atoms with Crippen LogP contribution in [0.1, 0.15) is 24.6 Å². The van der Waals surface area contributed by atoms with Gasteiger partial charge in [0.05, 0.1) is 39.9 Å². The molecule has 2 aliphatic heterocycles. The van der Waals surface area contributed by atoms with Crippen LogP contribution in [0.2, 0.25) is 10.0 Å². The van der Waals surface area contributed by atoms with E-state index in [1.165, 1.54) is 0 Å². The Balaban J connectivity index is 1.31. The molecule has 0 bridgehead atoms. The van der Waals surface area contributed by atoms with Crippen molar-refractivity contribution in [2.75, 3.05) is 18.0 Å². The van der Waals surface area contributed by atoms with E-state index in [0.29, 0.717) is 15.7 Å². The number of anilines is 1. The second-order valence-electron chi connectivity index (χ2n) is 7.60. The summed E-state index contributed by atoms with van der Waals surface area (Å²) in [4.78, 5) is 11.5. The lowest BCUT2D eigenvalue weighted by Gasteiger charge is -2.41. The molecule has 4 heterocycles. The molecule has 1 aromatic carbocycles. The van der Waals surface area contributed by atoms with Crippen LogP contribution in [-0.2, 0) is 6.54 Å². The summed E-state index contributed by atoms with van der Waals surface area (Å²) in [7, 11) is 0. The molecule has 6 nitrogen and oxygen atoms in total. The first-order chi connectivity index (χ1) is 13.6. The maximum Gasteiger partial charge on any atom is 0.147 e. The van der Waals surface area contributed by atoms with Gasteiger partial charge in [0.15, 0.2) is 0 Å². The van der Waals surface area contributed by atoms with E-state index in [0.717, 1.165) is 49.6 Å². The lowest BCUT2D eigenvalue weighted by Crippen LogP contribution is -2.45. The molecule has 0 radical (unpaired) electrons. The Bertz CT molecular complexity index is 1010. The van der Waals surface area contributed by atoms with E-state index < -0.39 is 0 Å². The molecule has 2 aliphatic rings. The standard InChI is InChI=1S/C20H20Cl2N6/c21-14-3-1-2-13(18(14)22)15-10-25-17(11-24-15)27-8-5-20(6-9-27)12-28-16(19(20)23)4-7-26-28/h1-4,7,10-11,19H,5-6,8-9,12,23H2. The number of rotatable bonds is 2. The number of fused-ring (bicyclic) bond motifs is 1. The van der Waals surface area contributed by atoms with Crippen molar-refractivity contribution in [3.8, 4) is 11.3 Å². The van der Waals surface area contributed by atoms with Crippen LogP contribution in [0, 0.1) is 5.41 Å². The summed E-state index contributed by atoms with van der Waals surface area (Å²) in [6.45, 7) is 2.72. The van der Waals surface area contributed by atoms with Crippen LogP contribution in [0.25, 0.3) is 11.3 Å². The molecule has 0 aliphatic carbocycles. The van der Waals surface area contributed by atoms with Crippen LogP contribution in [0.15, 0.2) is 42.9 Å². The highest BCUT2D eigenvalue weighted by molar-refractivity contribution is 6.43. The van der Waals surface area contributed by atoms with Gasteiger partial charge in [-0.3, -0.25) is 9.67 Å². The zero-order valence-corrected chi connectivity index (χ0v) is 16.7. The molecule has 28 heavy (non-hydrogen) atoms. The maximum absolute atomic E-state index is 6.56. The van der Waals surface area contributed by atoms with Gasteiger partial charge in [0, 0.05) is 36.8 Å². The van der Waals surface area contributed by atoms with Gasteiger partial charge in [-0.15, -0.1) is 0 Å². The number of aromatic nitrogens is 4. The first-order valence-electron chi connectivity index (χ1n) is 9.36. The van der Waals surface area contributed by atoms with Gasteiger partial charge >= 0.3 is 0 Å². The third-order valence-electron chi connectivity index (χ3n) is 6.14. The molecule has 1 atom stereocenters. The molecule has 0 saturated carbocycles. The Labute approximate surface area is 173 Å². The summed E-state index contributed by atoms with van der Waals surface area (Å²) >= 11 is 12.4. The number of piperidine rings is 1. The first-order valence-corrected chi connectivity index (χ1v) is 10.1. The van der Waals surface area contributed by atoms with Gasteiger partial charge < -0.3 is 10.6 Å². The molecule has 1 fully saturated rings. The number of nitrogens with two attached hydrogens (primary N) is 1. The lowest BCUT2D eigenvalue weighted by atomic mass is 9.73. The highest BCUT2D eigenvalue weighted by atomic mass is 35.5. The van der Waals surface area contributed by atoms with Gasteiger partial charge in [0.2, 0.25) is 0 Å². The van der Waals surface area contributed by atoms with E-state index >= 15 is 0 Å². The third-order valence-corrected chi connectivity index (χ3v) is 6.96. The minimum atomic E-state index is 0.0515. The van der Waals surface area contributed by atoms with Crippen molar-refractivity contribution in [3.05, 3.63) is 58.6 Å². The van der Waals surface area contributed by atoms with Crippen molar-refractivity contribution in [2.45, 2.75) is 25.4 Å². The lowest BCUT2D eigenvalue weighted by molar-refractivity contribution is 0.170. The second kappa shape index (κ2) is 6.72. The number of hydrogen-bond acceptors (Lipinski definition) is 5. The van der Waals surface area contributed by atoms with E-state index in [4.69, 9.17) is 28.9 Å². The zero-order chi connectivity index (χ0) is 19.3. The van der Waals surface area contributed by atoms with E-state index in [9.17, 15) is 0 Å². The molecule has 144 valence electrons. The highest BCUT2D eigenvalue weighted by Gasteiger charge is 2.46. The van der Waals surface area contributed by atoms with Crippen molar-refractivity contribution in [2.24, 2.45) is 11.1 Å². The average molecular weight is 415 g/mol. The van der Waals surface area contributed by atoms with Crippen LogP contribution >= 0.6 is 23.2 Å². The monoisotopic (exact) mass is 414 g/mol. The number of nitrogens with zero attached hydrogens (tertiary/aromatic N) is 5. The Morgan fingerprint density at radius 2 is 1.89 bits per heavy atom. The Hall–Kier alpha value is -2.15. The van der Waals surface area contributed by atoms with E-state index in [2.05, 4.69) is 24.6 Å². The summed E-state index contributed by atoms with van der Waals surface area (Å²) in [5.41, 5.74) is 9.32. The Morgan fingerprint density at radius 1 is 1.07 bits per heavy atom. The normalized spacial score (nSPS) is 20.5. The molecule has 2 aromatic heterocycles. The predicted molar refractivity (Wildman–Crippen MR) is 111 cm³/mol. The predicted octanol–water partition coefficient (Wildman–Crippen LogP) is 3.95. The Kier molecular flexibility index (Phi) is 4.30. The summed E-state index contributed by atoms with van der Waals surface area (Å²) in [5, 5.41) is 5.42. The van der Waals surface area contributed by atoms with Crippen LogP contribution in [-0.4, -0.2) is 32.8 Å². The fourth-order valence-electron chi connectivity index (χ4n) is 4.43. The van der Waals surface area contributed by atoms with Crippen molar-refractivity contribution >= 4 is 29.0 Å². The third kappa shape index (κ3) is 2.79. The van der Waals surface area contributed by atoms with Crippen molar-refractivity contribution in [1.82, 2.24) is 19.7 Å². The van der Waals surface area contributed by atoms with E-state index in [1.807, 2.05) is 30.6 Å². The smallest absolute Gasteiger partial charge is 0.147 e. The maximum atomic E-state index is 6.56. The molecule has 0 amide bonds. The molecule has 8 heteroatoms. The summed E-state index contributed by atoms with van der Waals surface area (Å²) in [6, 6.07) is 7.61. The van der Waals surface area contributed by atoms with E-state index in [-0.39, 0.29) is 11.5 Å². The second-order valence-corrected chi connectivity index (χ2v) is 8.39. The van der Waals surface area contributed by atoms with Crippen LogP contribution < -0.4 is 10.6 Å². The van der Waals surface area contributed by atoms with Gasteiger partial charge in [0.1, 0.15) is 5.82 Å². The number of benzene rings is 1. The Morgan fingerprint density at radius 3 is 2.61 bits per heavy atom. The fourth-order valence-corrected chi connectivity index (χ4v) is 4.82. The molecule has 1 spiro atoms. The summed E-state index contributed by atoms with van der Waals surface area (Å²) in [6.07, 6.45) is 7.43. The van der Waals surface area contributed by atoms with Crippen molar-refractivity contribution in [1.29, 1.82) is 0 Å². The number of halogens is 2. The molecule has 3 aromatic rings. The fraction of sp³-hybridized carbons (Fsp3) is 0.350. The van der Waals surface area contributed by atoms with Gasteiger partial charge in [-0.05, 0) is 25.0 Å². The topological polar surface area (TPSA) is 72.9 Å². The van der Waals surface area contributed by atoms with Crippen LogP contribution in [0.4, 0.5) is 5.82 Å². The summed E-state index contributed by atoms with van der Waals surface area (Å²) in [5.74, 6) is 0.876. The molecule has 1 saturated heterocycles.